The van der Waals surface area contributed by atoms with Gasteiger partial charge in [0, 0.05) is 13.1 Å². The number of ether oxygens (including phenoxy) is 1. The molecule has 0 aromatic heterocycles. The second-order valence-electron chi connectivity index (χ2n) is 6.07. The lowest BCUT2D eigenvalue weighted by molar-refractivity contribution is -0.154. The van der Waals surface area contributed by atoms with Crippen molar-refractivity contribution in [3.05, 3.63) is 0 Å². The van der Waals surface area contributed by atoms with E-state index in [-0.39, 0.29) is 5.97 Å². The minimum atomic E-state index is -0.487. The summed E-state index contributed by atoms with van der Waals surface area (Å²) in [6.45, 7) is 12.7. The first-order valence-electron chi connectivity index (χ1n) is 8.07. The molecule has 0 spiro atoms. The summed E-state index contributed by atoms with van der Waals surface area (Å²) in [7, 11) is 1.50. The first-order chi connectivity index (χ1) is 9.51. The highest BCUT2D eigenvalue weighted by molar-refractivity contribution is 5.81. The van der Waals surface area contributed by atoms with Crippen LogP contribution in [0, 0.1) is 11.8 Å². The second kappa shape index (κ2) is 7.99. The van der Waals surface area contributed by atoms with Gasteiger partial charge in [0.1, 0.15) is 5.54 Å². The predicted octanol–water partition coefficient (Wildman–Crippen LogP) is 2.29. The topological polar surface area (TPSA) is 41.6 Å². The normalized spacial score (nSPS) is 30.5. The Morgan fingerprint density at radius 1 is 1.35 bits per heavy atom. The van der Waals surface area contributed by atoms with Gasteiger partial charge in [-0.1, -0.05) is 40.5 Å². The van der Waals surface area contributed by atoms with E-state index in [1.807, 2.05) is 0 Å². The Balaban J connectivity index is 2.72. The number of esters is 1. The Kier molecular flexibility index (Phi) is 6.96. The van der Waals surface area contributed by atoms with Crippen molar-refractivity contribution in [2.24, 2.45) is 11.8 Å². The summed E-state index contributed by atoms with van der Waals surface area (Å²) < 4.78 is 5.11. The van der Waals surface area contributed by atoms with Gasteiger partial charge in [-0.25, -0.2) is 0 Å². The molecule has 1 N–H and O–H groups in total. The Labute approximate surface area is 124 Å². The molecule has 1 aliphatic carbocycles. The molecule has 3 atom stereocenters. The highest BCUT2D eigenvalue weighted by Crippen LogP contribution is 2.38. The molecule has 1 rings (SSSR count). The van der Waals surface area contributed by atoms with E-state index in [9.17, 15) is 4.79 Å². The summed E-state index contributed by atoms with van der Waals surface area (Å²) in [5.41, 5.74) is -0.487. The molecular weight excluding hydrogens is 252 g/mol. The molecule has 0 amide bonds. The molecule has 118 valence electrons. The molecular formula is C16H32N2O2. The zero-order valence-electron chi connectivity index (χ0n) is 13.9. The third kappa shape index (κ3) is 3.73. The number of hydrogen-bond donors (Lipinski definition) is 1. The van der Waals surface area contributed by atoms with Gasteiger partial charge in [0.15, 0.2) is 0 Å². The SMILES string of the molecule is CCN(CC)CCNC1(C(=O)OC)CCCC(C)C1C. The summed E-state index contributed by atoms with van der Waals surface area (Å²) in [5.74, 6) is 0.792. The van der Waals surface area contributed by atoms with E-state index >= 15 is 0 Å². The summed E-state index contributed by atoms with van der Waals surface area (Å²) in [6, 6.07) is 0. The molecule has 1 fully saturated rings. The molecule has 3 unspecified atom stereocenters. The average molecular weight is 284 g/mol. The molecule has 0 bridgehead atoms. The van der Waals surface area contributed by atoms with Crippen molar-refractivity contribution in [2.45, 2.75) is 52.5 Å². The Bertz CT molecular complexity index is 305. The van der Waals surface area contributed by atoms with Gasteiger partial charge in [-0.05, 0) is 31.3 Å². The average Bonchev–Trinajstić information content (AvgIpc) is 2.47. The standard InChI is InChI=1S/C16H32N2O2/c1-6-18(7-2)12-11-17-16(15(19)20-5)10-8-9-13(3)14(16)4/h13-14,17H,6-12H2,1-5H3. The van der Waals surface area contributed by atoms with Gasteiger partial charge < -0.3 is 15.0 Å². The van der Waals surface area contributed by atoms with Crippen LogP contribution in [0.1, 0.15) is 47.0 Å². The fourth-order valence-electron chi connectivity index (χ4n) is 3.43. The van der Waals surface area contributed by atoms with Gasteiger partial charge in [-0.15, -0.1) is 0 Å². The van der Waals surface area contributed by atoms with Crippen LogP contribution in [0.15, 0.2) is 0 Å². The zero-order valence-corrected chi connectivity index (χ0v) is 13.9. The van der Waals surface area contributed by atoms with Gasteiger partial charge in [0.2, 0.25) is 0 Å². The maximum absolute atomic E-state index is 12.4. The number of nitrogens with one attached hydrogen (secondary N) is 1. The number of carbonyl (C=O) groups excluding carboxylic acids is 1. The quantitative estimate of drug-likeness (QED) is 0.728. The van der Waals surface area contributed by atoms with E-state index in [4.69, 9.17) is 4.74 Å². The molecule has 0 heterocycles. The first-order valence-corrected chi connectivity index (χ1v) is 8.07. The highest BCUT2D eigenvalue weighted by Gasteiger charge is 2.48. The third-order valence-electron chi connectivity index (χ3n) is 5.17. The Hall–Kier alpha value is -0.610. The fraction of sp³-hybridized carbons (Fsp3) is 0.938. The van der Waals surface area contributed by atoms with E-state index in [1.54, 1.807) is 0 Å². The molecule has 0 radical (unpaired) electrons. The van der Waals surface area contributed by atoms with E-state index in [0.717, 1.165) is 39.0 Å². The molecule has 1 aliphatic rings. The van der Waals surface area contributed by atoms with Crippen molar-refractivity contribution in [1.29, 1.82) is 0 Å². The Morgan fingerprint density at radius 3 is 2.55 bits per heavy atom. The first kappa shape index (κ1) is 17.4. The van der Waals surface area contributed by atoms with Crippen LogP contribution in [-0.2, 0) is 9.53 Å². The van der Waals surface area contributed by atoms with E-state index in [1.165, 1.54) is 13.5 Å². The van der Waals surface area contributed by atoms with E-state index in [0.29, 0.717) is 11.8 Å². The molecule has 20 heavy (non-hydrogen) atoms. The minimum Gasteiger partial charge on any atom is -0.468 e. The summed E-state index contributed by atoms with van der Waals surface area (Å²) in [5, 5.41) is 3.55. The number of carbonyl (C=O) groups is 1. The van der Waals surface area contributed by atoms with Gasteiger partial charge in [-0.3, -0.25) is 4.79 Å². The van der Waals surface area contributed by atoms with Gasteiger partial charge >= 0.3 is 5.97 Å². The van der Waals surface area contributed by atoms with Crippen LogP contribution in [0.5, 0.6) is 0 Å². The van der Waals surface area contributed by atoms with Crippen molar-refractivity contribution >= 4 is 5.97 Å². The molecule has 4 heteroatoms. The van der Waals surface area contributed by atoms with Crippen molar-refractivity contribution in [1.82, 2.24) is 10.2 Å². The monoisotopic (exact) mass is 284 g/mol. The van der Waals surface area contributed by atoms with Crippen molar-refractivity contribution in [2.75, 3.05) is 33.3 Å². The van der Waals surface area contributed by atoms with E-state index in [2.05, 4.69) is 37.9 Å². The van der Waals surface area contributed by atoms with Crippen molar-refractivity contribution < 1.29 is 9.53 Å². The third-order valence-corrected chi connectivity index (χ3v) is 5.17. The largest absolute Gasteiger partial charge is 0.468 e. The fourth-order valence-corrected chi connectivity index (χ4v) is 3.43. The molecule has 0 aromatic rings. The Morgan fingerprint density at radius 2 is 2.00 bits per heavy atom. The molecule has 0 aromatic carbocycles. The summed E-state index contributed by atoms with van der Waals surface area (Å²) in [6.07, 6.45) is 3.19. The van der Waals surface area contributed by atoms with E-state index < -0.39 is 5.54 Å². The number of nitrogens with zero attached hydrogens (tertiary/aromatic N) is 1. The lowest BCUT2D eigenvalue weighted by atomic mass is 9.68. The van der Waals surface area contributed by atoms with Gasteiger partial charge in [-0.2, -0.15) is 0 Å². The molecule has 0 saturated heterocycles. The second-order valence-corrected chi connectivity index (χ2v) is 6.07. The zero-order chi connectivity index (χ0) is 15.2. The van der Waals surface area contributed by atoms with Crippen LogP contribution < -0.4 is 5.32 Å². The maximum Gasteiger partial charge on any atom is 0.326 e. The van der Waals surface area contributed by atoms with Crippen LogP contribution in [-0.4, -0.2) is 49.7 Å². The van der Waals surface area contributed by atoms with Gasteiger partial charge in [0.05, 0.1) is 7.11 Å². The van der Waals surface area contributed by atoms with Crippen LogP contribution in [0.25, 0.3) is 0 Å². The smallest absolute Gasteiger partial charge is 0.326 e. The lowest BCUT2D eigenvalue weighted by Gasteiger charge is -2.44. The maximum atomic E-state index is 12.4. The molecule has 1 saturated carbocycles. The van der Waals surface area contributed by atoms with Crippen molar-refractivity contribution in [3.63, 3.8) is 0 Å². The number of rotatable bonds is 7. The number of likely N-dealkylation sites (N-methyl/N-ethyl adjacent to an activating group) is 1. The summed E-state index contributed by atoms with van der Waals surface area (Å²) in [4.78, 5) is 14.7. The predicted molar refractivity (Wildman–Crippen MR) is 82.7 cm³/mol. The van der Waals surface area contributed by atoms with Crippen LogP contribution in [0.3, 0.4) is 0 Å². The van der Waals surface area contributed by atoms with Crippen LogP contribution in [0.2, 0.25) is 0 Å². The molecule has 0 aliphatic heterocycles. The highest BCUT2D eigenvalue weighted by atomic mass is 16.5. The number of hydrogen-bond acceptors (Lipinski definition) is 4. The lowest BCUT2D eigenvalue weighted by Crippen LogP contribution is -2.61. The van der Waals surface area contributed by atoms with Crippen LogP contribution in [0.4, 0.5) is 0 Å². The summed E-state index contributed by atoms with van der Waals surface area (Å²) >= 11 is 0. The molecule has 4 nitrogen and oxygen atoms in total. The minimum absolute atomic E-state index is 0.0869. The van der Waals surface area contributed by atoms with Gasteiger partial charge in [0.25, 0.3) is 0 Å². The van der Waals surface area contributed by atoms with Crippen LogP contribution >= 0.6 is 0 Å². The number of methoxy groups -OCH3 is 1. The van der Waals surface area contributed by atoms with Crippen molar-refractivity contribution in [3.8, 4) is 0 Å².